The first-order valence-electron chi connectivity index (χ1n) is 12.9. The van der Waals surface area contributed by atoms with E-state index in [1.165, 1.54) is 24.3 Å². The molecular weight excluding hydrogens is 535 g/mol. The summed E-state index contributed by atoms with van der Waals surface area (Å²) in [7, 11) is 3.89. The van der Waals surface area contributed by atoms with Crippen molar-refractivity contribution in [3.8, 4) is 5.75 Å². The minimum Gasteiger partial charge on any atom is -0.492 e. The Kier molecular flexibility index (Phi) is 9.26. The van der Waals surface area contributed by atoms with Crippen molar-refractivity contribution < 1.29 is 32.6 Å². The topological polar surface area (TPSA) is 90.9 Å². The number of benzene rings is 3. The summed E-state index contributed by atoms with van der Waals surface area (Å²) in [5.41, 5.74) is 2.67. The van der Waals surface area contributed by atoms with Crippen LogP contribution in [0.15, 0.2) is 85.0 Å². The molecule has 214 valence electrons. The number of allylic oxidation sites excluding steroid dienone is 2. The van der Waals surface area contributed by atoms with Crippen molar-refractivity contribution in [2.75, 3.05) is 37.9 Å². The van der Waals surface area contributed by atoms with E-state index >= 15 is 0 Å². The van der Waals surface area contributed by atoms with Gasteiger partial charge in [0.2, 0.25) is 5.91 Å². The van der Waals surface area contributed by atoms with Crippen LogP contribution in [0, 0.1) is 0 Å². The number of carbonyl (C=O) groups is 2. The lowest BCUT2D eigenvalue weighted by Crippen LogP contribution is -2.34. The summed E-state index contributed by atoms with van der Waals surface area (Å²) >= 11 is 0. The Labute approximate surface area is 235 Å². The Balaban J connectivity index is 1.56. The van der Waals surface area contributed by atoms with Crippen molar-refractivity contribution in [2.24, 2.45) is 0 Å². The molecule has 0 saturated carbocycles. The van der Waals surface area contributed by atoms with Crippen molar-refractivity contribution >= 4 is 28.8 Å². The van der Waals surface area contributed by atoms with Gasteiger partial charge in [-0.15, -0.1) is 0 Å². The maximum Gasteiger partial charge on any atom is 0.416 e. The number of rotatable bonds is 9. The van der Waals surface area contributed by atoms with E-state index in [-0.39, 0.29) is 6.42 Å². The summed E-state index contributed by atoms with van der Waals surface area (Å²) in [5, 5.41) is 15.3. The van der Waals surface area contributed by atoms with Crippen LogP contribution in [0.25, 0.3) is 5.57 Å². The number of aliphatic hydroxyl groups excluding tert-OH is 1. The van der Waals surface area contributed by atoms with E-state index in [1.807, 2.05) is 19.0 Å². The lowest BCUT2D eigenvalue weighted by molar-refractivity contribution is -0.137. The summed E-state index contributed by atoms with van der Waals surface area (Å²) in [6.45, 7) is 1.24. The largest absolute Gasteiger partial charge is 0.492 e. The van der Waals surface area contributed by atoms with Crippen LogP contribution in [-0.2, 0) is 22.2 Å². The van der Waals surface area contributed by atoms with Gasteiger partial charge in [-0.3, -0.25) is 9.59 Å². The highest BCUT2D eigenvalue weighted by Crippen LogP contribution is 2.32. The predicted octanol–water partition coefficient (Wildman–Crippen LogP) is 5.13. The summed E-state index contributed by atoms with van der Waals surface area (Å²) in [6, 6.07) is 17.0. The average Bonchev–Trinajstić information content (AvgIpc) is 2.92. The highest BCUT2D eigenvalue weighted by atomic mass is 19.4. The molecule has 1 aliphatic heterocycles. The van der Waals surface area contributed by atoms with Crippen LogP contribution in [0.2, 0.25) is 0 Å². The quantitative estimate of drug-likeness (QED) is 0.247. The van der Waals surface area contributed by atoms with Crippen LogP contribution < -0.4 is 15.4 Å². The van der Waals surface area contributed by atoms with Crippen molar-refractivity contribution in [2.45, 2.75) is 18.7 Å². The van der Waals surface area contributed by atoms with E-state index in [2.05, 4.69) is 10.6 Å². The Morgan fingerprint density at radius 2 is 1.73 bits per heavy atom. The average molecular weight is 566 g/mol. The normalized spacial score (nSPS) is 15.5. The van der Waals surface area contributed by atoms with Crippen LogP contribution in [0.5, 0.6) is 5.75 Å². The van der Waals surface area contributed by atoms with Crippen molar-refractivity contribution in [3.05, 3.63) is 107 Å². The molecule has 0 aliphatic carbocycles. The molecule has 2 amide bonds. The van der Waals surface area contributed by atoms with Crippen molar-refractivity contribution in [1.29, 1.82) is 0 Å². The number of hydrogen-bond acceptors (Lipinski definition) is 5. The van der Waals surface area contributed by atoms with Crippen molar-refractivity contribution in [1.82, 2.24) is 4.90 Å². The van der Waals surface area contributed by atoms with E-state index in [4.69, 9.17) is 4.74 Å². The second-order valence-electron chi connectivity index (χ2n) is 9.72. The third-order valence-electron chi connectivity index (χ3n) is 6.40. The summed E-state index contributed by atoms with van der Waals surface area (Å²) in [5.74, 6) is -0.308. The monoisotopic (exact) mass is 565 g/mol. The number of nitrogens with zero attached hydrogens (tertiary/aromatic N) is 1. The van der Waals surface area contributed by atoms with Gasteiger partial charge in [-0.1, -0.05) is 42.5 Å². The first-order valence-corrected chi connectivity index (χ1v) is 12.9. The maximum absolute atomic E-state index is 13.1. The number of amides is 2. The fraction of sp³-hybridized carbons (Fsp3) is 0.226. The third-order valence-corrected chi connectivity index (χ3v) is 6.40. The smallest absolute Gasteiger partial charge is 0.416 e. The van der Waals surface area contributed by atoms with Gasteiger partial charge in [-0.05, 0) is 67.2 Å². The SMILES string of the molecule is CN(C)CCOc1ccc(/C(=C/C=C/C(=O)Nc2cccc3c2CC(O)C(=O)N3)c2ccc(C(F)(F)F)cc2)cc1. The standard InChI is InChI=1S/C31H30F3N3O4/c1-37(2)17-18-41-23-15-11-21(12-16-23)24(20-9-13-22(14-10-20)31(32,33)34)5-3-8-29(39)35-26-6-4-7-27-25(26)19-28(38)30(40)36-27/h3-16,28,38H,17-19H2,1-2H3,(H,35,39)(H,36,40)/b8-3+,24-5+. The number of nitrogens with one attached hydrogen (secondary N) is 2. The molecule has 1 atom stereocenters. The number of aliphatic hydroxyl groups is 1. The van der Waals surface area contributed by atoms with Crippen LogP contribution in [0.4, 0.5) is 24.5 Å². The predicted molar refractivity (Wildman–Crippen MR) is 152 cm³/mol. The first-order chi connectivity index (χ1) is 19.5. The fourth-order valence-corrected chi connectivity index (χ4v) is 4.22. The number of anilines is 2. The van der Waals surface area contributed by atoms with E-state index in [1.54, 1.807) is 48.5 Å². The molecule has 0 spiro atoms. The molecule has 3 N–H and O–H groups in total. The molecular formula is C31H30F3N3O4. The molecule has 0 radical (unpaired) electrons. The summed E-state index contributed by atoms with van der Waals surface area (Å²) < 4.78 is 45.1. The van der Waals surface area contributed by atoms with Gasteiger partial charge < -0.3 is 25.4 Å². The highest BCUT2D eigenvalue weighted by Gasteiger charge is 2.30. The molecule has 3 aromatic carbocycles. The highest BCUT2D eigenvalue weighted by molar-refractivity contribution is 6.03. The molecule has 10 heteroatoms. The van der Waals surface area contributed by atoms with Gasteiger partial charge in [0, 0.05) is 36.0 Å². The molecule has 1 heterocycles. The zero-order valence-corrected chi connectivity index (χ0v) is 22.5. The maximum atomic E-state index is 13.1. The molecule has 4 rings (SSSR count). The number of fused-ring (bicyclic) bond motifs is 1. The van der Waals surface area contributed by atoms with Gasteiger partial charge in [-0.25, -0.2) is 0 Å². The number of ether oxygens (including phenoxy) is 1. The Hall–Kier alpha value is -4.41. The lowest BCUT2D eigenvalue weighted by atomic mass is 9.96. The van der Waals surface area contributed by atoms with Gasteiger partial charge in [0.15, 0.2) is 0 Å². The fourth-order valence-electron chi connectivity index (χ4n) is 4.22. The third kappa shape index (κ3) is 7.84. The number of likely N-dealkylation sites (N-methyl/N-ethyl adjacent to an activating group) is 1. The van der Waals surface area contributed by atoms with Gasteiger partial charge in [-0.2, -0.15) is 13.2 Å². The number of hydrogen-bond donors (Lipinski definition) is 3. The van der Waals surface area contributed by atoms with E-state index < -0.39 is 29.7 Å². The zero-order valence-electron chi connectivity index (χ0n) is 22.5. The van der Waals surface area contributed by atoms with Gasteiger partial charge in [0.05, 0.1) is 5.56 Å². The molecule has 41 heavy (non-hydrogen) atoms. The molecule has 0 saturated heterocycles. The Morgan fingerprint density at radius 1 is 1.07 bits per heavy atom. The molecule has 0 aromatic heterocycles. The molecule has 7 nitrogen and oxygen atoms in total. The summed E-state index contributed by atoms with van der Waals surface area (Å²) in [6.07, 6.45) is -1.16. The number of alkyl halides is 3. The van der Waals surface area contributed by atoms with Gasteiger partial charge in [0.1, 0.15) is 18.5 Å². The van der Waals surface area contributed by atoms with E-state index in [9.17, 15) is 27.9 Å². The second-order valence-corrected chi connectivity index (χ2v) is 9.72. The lowest BCUT2D eigenvalue weighted by Gasteiger charge is -2.23. The minimum atomic E-state index is -4.46. The number of halogens is 3. The summed E-state index contributed by atoms with van der Waals surface area (Å²) in [4.78, 5) is 26.5. The Bertz CT molecular complexity index is 1450. The van der Waals surface area contributed by atoms with E-state index in [0.717, 1.165) is 24.2 Å². The van der Waals surface area contributed by atoms with Crippen LogP contribution in [-0.4, -0.2) is 55.2 Å². The van der Waals surface area contributed by atoms with Crippen LogP contribution in [0.1, 0.15) is 22.3 Å². The minimum absolute atomic E-state index is 0.0637. The molecule has 0 bridgehead atoms. The number of carbonyl (C=O) groups excluding carboxylic acids is 2. The van der Waals surface area contributed by atoms with Crippen molar-refractivity contribution in [3.63, 3.8) is 0 Å². The van der Waals surface area contributed by atoms with Crippen LogP contribution >= 0.6 is 0 Å². The molecule has 1 aliphatic rings. The Morgan fingerprint density at radius 3 is 2.37 bits per heavy atom. The van der Waals surface area contributed by atoms with Crippen LogP contribution in [0.3, 0.4) is 0 Å². The van der Waals surface area contributed by atoms with Gasteiger partial charge >= 0.3 is 6.18 Å². The molecule has 0 fully saturated rings. The van der Waals surface area contributed by atoms with Gasteiger partial charge in [0.25, 0.3) is 5.91 Å². The zero-order chi connectivity index (χ0) is 29.6. The van der Waals surface area contributed by atoms with E-state index in [0.29, 0.717) is 40.4 Å². The molecule has 1 unspecified atom stereocenters. The first kappa shape index (κ1) is 29.6. The molecule has 3 aromatic rings. The second kappa shape index (κ2) is 12.8.